The lowest BCUT2D eigenvalue weighted by molar-refractivity contribution is -0.139. The predicted octanol–water partition coefficient (Wildman–Crippen LogP) is 5.28. The summed E-state index contributed by atoms with van der Waals surface area (Å²) in [6.45, 7) is 4.09. The SMILES string of the molecule is CC(C)SC1=C(c2ccc(Cl)cc2)C(=O)N(C2CCCCCC2)C1=O. The van der Waals surface area contributed by atoms with Gasteiger partial charge in [-0.05, 0) is 30.5 Å². The van der Waals surface area contributed by atoms with Gasteiger partial charge in [0.25, 0.3) is 11.8 Å². The summed E-state index contributed by atoms with van der Waals surface area (Å²) in [6, 6.07) is 7.25. The molecule has 0 saturated heterocycles. The summed E-state index contributed by atoms with van der Waals surface area (Å²) in [5.41, 5.74) is 1.33. The summed E-state index contributed by atoms with van der Waals surface area (Å²) >= 11 is 7.48. The van der Waals surface area contributed by atoms with Gasteiger partial charge in [0, 0.05) is 16.3 Å². The number of nitrogens with zero attached hydrogens (tertiary/aromatic N) is 1. The van der Waals surface area contributed by atoms with E-state index in [1.807, 2.05) is 26.0 Å². The van der Waals surface area contributed by atoms with Crippen LogP contribution in [0.1, 0.15) is 57.9 Å². The lowest BCUT2D eigenvalue weighted by atomic mass is 10.0. The van der Waals surface area contributed by atoms with Crippen molar-refractivity contribution in [3.63, 3.8) is 0 Å². The highest BCUT2D eigenvalue weighted by Crippen LogP contribution is 2.40. The number of rotatable bonds is 4. The summed E-state index contributed by atoms with van der Waals surface area (Å²) in [4.78, 5) is 28.5. The zero-order valence-electron chi connectivity index (χ0n) is 14.8. The van der Waals surface area contributed by atoms with E-state index in [9.17, 15) is 9.59 Å². The highest BCUT2D eigenvalue weighted by molar-refractivity contribution is 8.04. The van der Waals surface area contributed by atoms with Crippen molar-refractivity contribution in [1.29, 1.82) is 0 Å². The van der Waals surface area contributed by atoms with Gasteiger partial charge in [-0.1, -0.05) is 63.3 Å². The molecule has 1 saturated carbocycles. The van der Waals surface area contributed by atoms with E-state index in [0.29, 0.717) is 15.5 Å². The molecule has 0 aromatic heterocycles. The second kappa shape index (κ2) is 7.96. The van der Waals surface area contributed by atoms with Crippen LogP contribution in [0.25, 0.3) is 5.57 Å². The Bertz CT molecular complexity index is 688. The van der Waals surface area contributed by atoms with E-state index < -0.39 is 0 Å². The maximum absolute atomic E-state index is 13.2. The van der Waals surface area contributed by atoms with Crippen molar-refractivity contribution < 1.29 is 9.59 Å². The first-order valence-corrected chi connectivity index (χ1v) is 10.3. The Kier molecular flexibility index (Phi) is 5.90. The summed E-state index contributed by atoms with van der Waals surface area (Å²) in [6.07, 6.45) is 6.40. The van der Waals surface area contributed by atoms with E-state index in [4.69, 9.17) is 11.6 Å². The standard InChI is InChI=1S/C20H24ClNO2S/c1-13(2)25-18-17(14-9-11-15(21)12-10-14)19(23)22(20(18)24)16-7-5-3-4-6-8-16/h9-13,16H,3-8H2,1-2H3. The molecule has 0 radical (unpaired) electrons. The monoisotopic (exact) mass is 377 g/mol. The molecule has 1 heterocycles. The summed E-state index contributed by atoms with van der Waals surface area (Å²) in [5.74, 6) is -0.247. The molecule has 1 aromatic rings. The molecule has 3 rings (SSSR count). The Labute approximate surface area is 158 Å². The minimum Gasteiger partial charge on any atom is -0.271 e. The van der Waals surface area contributed by atoms with Gasteiger partial charge in [0.2, 0.25) is 0 Å². The van der Waals surface area contributed by atoms with E-state index in [1.165, 1.54) is 24.6 Å². The molecule has 1 fully saturated rings. The highest BCUT2D eigenvalue weighted by atomic mass is 35.5. The van der Waals surface area contributed by atoms with Crippen LogP contribution in [-0.4, -0.2) is 28.0 Å². The number of carbonyl (C=O) groups excluding carboxylic acids is 2. The second-order valence-electron chi connectivity index (χ2n) is 7.00. The molecule has 0 spiro atoms. The third kappa shape index (κ3) is 3.95. The number of carbonyl (C=O) groups is 2. The van der Waals surface area contributed by atoms with Gasteiger partial charge < -0.3 is 0 Å². The molecule has 2 amide bonds. The molecular formula is C20H24ClNO2S. The van der Waals surface area contributed by atoms with E-state index in [2.05, 4.69) is 0 Å². The number of hydrogen-bond acceptors (Lipinski definition) is 3. The number of benzene rings is 1. The zero-order valence-corrected chi connectivity index (χ0v) is 16.3. The lowest BCUT2D eigenvalue weighted by Gasteiger charge is -2.25. The van der Waals surface area contributed by atoms with E-state index in [1.54, 1.807) is 17.0 Å². The van der Waals surface area contributed by atoms with Crippen molar-refractivity contribution in [3.8, 4) is 0 Å². The molecule has 0 atom stereocenters. The summed E-state index contributed by atoms with van der Waals surface area (Å²) < 4.78 is 0. The Morgan fingerprint density at radius 2 is 1.60 bits per heavy atom. The van der Waals surface area contributed by atoms with E-state index >= 15 is 0 Å². The molecule has 3 nitrogen and oxygen atoms in total. The molecule has 5 heteroatoms. The first-order chi connectivity index (χ1) is 12.0. The average Bonchev–Trinajstić information content (AvgIpc) is 2.76. The Balaban J connectivity index is 1.98. The van der Waals surface area contributed by atoms with Gasteiger partial charge in [-0.25, -0.2) is 0 Å². The van der Waals surface area contributed by atoms with Crippen LogP contribution >= 0.6 is 23.4 Å². The number of imide groups is 1. The fourth-order valence-corrected chi connectivity index (χ4v) is 4.71. The number of halogens is 1. The largest absolute Gasteiger partial charge is 0.271 e. The van der Waals surface area contributed by atoms with Gasteiger partial charge in [0.1, 0.15) is 0 Å². The Morgan fingerprint density at radius 3 is 2.16 bits per heavy atom. The van der Waals surface area contributed by atoms with Crippen molar-refractivity contribution in [3.05, 3.63) is 39.8 Å². The molecule has 1 aliphatic carbocycles. The van der Waals surface area contributed by atoms with Gasteiger partial charge in [-0.2, -0.15) is 0 Å². The van der Waals surface area contributed by atoms with Gasteiger partial charge >= 0.3 is 0 Å². The Morgan fingerprint density at radius 1 is 1.00 bits per heavy atom. The van der Waals surface area contributed by atoms with Crippen LogP contribution in [0.4, 0.5) is 0 Å². The minimum absolute atomic E-state index is 0.0371. The van der Waals surface area contributed by atoms with Gasteiger partial charge in [-0.3, -0.25) is 14.5 Å². The number of thioether (sulfide) groups is 1. The quantitative estimate of drug-likeness (QED) is 0.528. The first-order valence-electron chi connectivity index (χ1n) is 9.04. The summed E-state index contributed by atoms with van der Waals surface area (Å²) in [7, 11) is 0. The molecule has 1 aromatic carbocycles. The molecule has 0 bridgehead atoms. The van der Waals surface area contributed by atoms with Crippen LogP contribution in [0.3, 0.4) is 0 Å². The molecule has 1 aliphatic heterocycles. The number of amides is 2. The fraction of sp³-hybridized carbons (Fsp3) is 0.500. The molecule has 25 heavy (non-hydrogen) atoms. The first kappa shape index (κ1) is 18.5. The maximum Gasteiger partial charge on any atom is 0.268 e. The van der Waals surface area contributed by atoms with E-state index in [0.717, 1.165) is 31.2 Å². The van der Waals surface area contributed by atoms with Crippen molar-refractivity contribution in [2.45, 2.75) is 63.7 Å². The van der Waals surface area contributed by atoms with Gasteiger partial charge in [-0.15, -0.1) is 11.8 Å². The highest BCUT2D eigenvalue weighted by Gasteiger charge is 2.42. The van der Waals surface area contributed by atoms with Crippen LogP contribution in [0.2, 0.25) is 5.02 Å². The van der Waals surface area contributed by atoms with Crippen molar-refractivity contribution in [1.82, 2.24) is 4.90 Å². The van der Waals surface area contributed by atoms with Crippen LogP contribution < -0.4 is 0 Å². The smallest absolute Gasteiger partial charge is 0.268 e. The van der Waals surface area contributed by atoms with Crippen molar-refractivity contribution in [2.24, 2.45) is 0 Å². The fourth-order valence-electron chi connectivity index (χ4n) is 3.59. The molecule has 0 unspecified atom stereocenters. The normalized spacial score (nSPS) is 19.9. The third-order valence-corrected chi connectivity index (χ3v) is 6.09. The molecular weight excluding hydrogens is 354 g/mol. The predicted molar refractivity (Wildman–Crippen MR) is 104 cm³/mol. The molecule has 2 aliphatic rings. The average molecular weight is 378 g/mol. The maximum atomic E-state index is 13.2. The Hall–Kier alpha value is -1.26. The van der Waals surface area contributed by atoms with Crippen LogP contribution in [0.15, 0.2) is 29.2 Å². The molecule has 134 valence electrons. The van der Waals surface area contributed by atoms with Crippen LogP contribution in [0, 0.1) is 0 Å². The minimum atomic E-state index is -0.137. The topological polar surface area (TPSA) is 37.4 Å². The van der Waals surface area contributed by atoms with Crippen LogP contribution in [0.5, 0.6) is 0 Å². The van der Waals surface area contributed by atoms with Crippen molar-refractivity contribution >= 4 is 40.8 Å². The van der Waals surface area contributed by atoms with E-state index in [-0.39, 0.29) is 23.1 Å². The number of hydrogen-bond donors (Lipinski definition) is 0. The third-order valence-electron chi connectivity index (χ3n) is 4.75. The zero-order chi connectivity index (χ0) is 18.0. The summed E-state index contributed by atoms with van der Waals surface area (Å²) in [5, 5.41) is 0.864. The van der Waals surface area contributed by atoms with Gasteiger partial charge in [0.15, 0.2) is 0 Å². The van der Waals surface area contributed by atoms with Crippen molar-refractivity contribution in [2.75, 3.05) is 0 Å². The van der Waals surface area contributed by atoms with Gasteiger partial charge in [0.05, 0.1) is 10.5 Å². The van der Waals surface area contributed by atoms with Crippen LogP contribution in [-0.2, 0) is 9.59 Å². The second-order valence-corrected chi connectivity index (χ2v) is 9.03. The lowest BCUT2D eigenvalue weighted by Crippen LogP contribution is -2.40. The molecule has 0 N–H and O–H groups in total.